The molecule has 0 saturated carbocycles. The van der Waals surface area contributed by atoms with Gasteiger partial charge in [-0.3, -0.25) is 25.0 Å². The van der Waals surface area contributed by atoms with Crippen LogP contribution in [-0.2, 0) is 0 Å². The van der Waals surface area contributed by atoms with Crippen LogP contribution in [0.1, 0.15) is 10.4 Å². The van der Waals surface area contributed by atoms with E-state index in [9.17, 15) is 25.0 Å². The Labute approximate surface area is 127 Å². The van der Waals surface area contributed by atoms with Crippen molar-refractivity contribution in [1.82, 2.24) is 4.98 Å². The highest BCUT2D eigenvalue weighted by atomic mass is 35.5. The molecule has 1 amide bonds. The third-order valence-electron chi connectivity index (χ3n) is 2.57. The number of non-ortho nitro benzene ring substituents is 2. The number of rotatable bonds is 4. The van der Waals surface area contributed by atoms with Crippen LogP contribution >= 0.6 is 11.6 Å². The third kappa shape index (κ3) is 3.52. The summed E-state index contributed by atoms with van der Waals surface area (Å²) < 4.78 is 0. The molecule has 0 fully saturated rings. The van der Waals surface area contributed by atoms with Gasteiger partial charge in [-0.15, -0.1) is 0 Å². The molecule has 0 bridgehead atoms. The van der Waals surface area contributed by atoms with Gasteiger partial charge < -0.3 is 5.32 Å². The van der Waals surface area contributed by atoms with Gasteiger partial charge in [0.25, 0.3) is 17.3 Å². The van der Waals surface area contributed by atoms with Crippen LogP contribution in [0.15, 0.2) is 36.5 Å². The minimum Gasteiger partial charge on any atom is -0.321 e. The van der Waals surface area contributed by atoms with Crippen molar-refractivity contribution in [2.45, 2.75) is 0 Å². The lowest BCUT2D eigenvalue weighted by Gasteiger charge is -2.05. The normalized spacial score (nSPS) is 10.0. The van der Waals surface area contributed by atoms with Gasteiger partial charge >= 0.3 is 0 Å². The lowest BCUT2D eigenvalue weighted by molar-refractivity contribution is -0.394. The van der Waals surface area contributed by atoms with Gasteiger partial charge in [-0.25, -0.2) is 4.98 Å². The first-order valence-corrected chi connectivity index (χ1v) is 6.11. The predicted octanol–water partition coefficient (Wildman–Crippen LogP) is 2.80. The van der Waals surface area contributed by atoms with Crippen LogP contribution in [0, 0.1) is 20.2 Å². The second-order valence-electron chi connectivity index (χ2n) is 4.08. The van der Waals surface area contributed by atoms with Crippen LogP contribution < -0.4 is 5.32 Å². The summed E-state index contributed by atoms with van der Waals surface area (Å²) in [6.07, 6.45) is 1.28. The number of nitro benzene ring substituents is 2. The van der Waals surface area contributed by atoms with E-state index in [-0.39, 0.29) is 10.7 Å². The number of carbonyl (C=O) groups is 1. The van der Waals surface area contributed by atoms with Crippen molar-refractivity contribution in [2.24, 2.45) is 0 Å². The molecule has 0 saturated heterocycles. The number of nitro groups is 2. The Bertz CT molecular complexity index is 730. The van der Waals surface area contributed by atoms with Gasteiger partial charge in [0, 0.05) is 12.1 Å². The summed E-state index contributed by atoms with van der Waals surface area (Å²) in [6.45, 7) is 0. The summed E-state index contributed by atoms with van der Waals surface area (Å²) in [7, 11) is 0. The van der Waals surface area contributed by atoms with Crippen molar-refractivity contribution < 1.29 is 14.6 Å². The first-order valence-electron chi connectivity index (χ1n) is 5.73. The molecule has 1 aromatic heterocycles. The number of halogens is 1. The standard InChI is InChI=1S/C12H7ClN4O5/c13-11-2-1-8(6-14-11)15-12(18)7-3-9(16(19)20)5-10(4-7)17(21)22/h1-6H,(H,15,18). The Morgan fingerprint density at radius 2 is 1.68 bits per heavy atom. The summed E-state index contributed by atoms with van der Waals surface area (Å²) in [4.78, 5) is 35.7. The Balaban J connectivity index is 2.34. The predicted molar refractivity (Wildman–Crippen MR) is 77.0 cm³/mol. The monoisotopic (exact) mass is 322 g/mol. The average molecular weight is 323 g/mol. The molecule has 1 aromatic carbocycles. The van der Waals surface area contributed by atoms with Gasteiger partial charge in [0.05, 0.1) is 33.4 Å². The van der Waals surface area contributed by atoms with E-state index in [1.54, 1.807) is 0 Å². The minimum atomic E-state index is -0.812. The summed E-state index contributed by atoms with van der Waals surface area (Å²) in [5, 5.41) is 24.2. The Morgan fingerprint density at radius 1 is 1.09 bits per heavy atom. The maximum Gasteiger partial charge on any atom is 0.277 e. The number of carbonyl (C=O) groups excluding carboxylic acids is 1. The number of nitrogens with zero attached hydrogens (tertiary/aromatic N) is 3. The molecule has 0 aliphatic carbocycles. The maximum absolute atomic E-state index is 12.0. The minimum absolute atomic E-state index is 0.212. The van der Waals surface area contributed by atoms with Crippen molar-refractivity contribution in [2.75, 3.05) is 5.32 Å². The molecule has 0 spiro atoms. The molecular weight excluding hydrogens is 316 g/mol. The van der Waals surface area contributed by atoms with Crippen LogP contribution in [-0.4, -0.2) is 20.7 Å². The van der Waals surface area contributed by atoms with E-state index in [4.69, 9.17) is 11.6 Å². The molecule has 2 aromatic rings. The fourth-order valence-electron chi connectivity index (χ4n) is 1.59. The van der Waals surface area contributed by atoms with E-state index in [1.807, 2.05) is 0 Å². The van der Waals surface area contributed by atoms with Crippen molar-refractivity contribution >= 4 is 34.6 Å². The van der Waals surface area contributed by atoms with Crippen molar-refractivity contribution in [1.29, 1.82) is 0 Å². The molecule has 1 heterocycles. The highest BCUT2D eigenvalue weighted by Gasteiger charge is 2.19. The molecule has 112 valence electrons. The van der Waals surface area contributed by atoms with E-state index < -0.39 is 27.1 Å². The number of aromatic nitrogens is 1. The SMILES string of the molecule is O=C(Nc1ccc(Cl)nc1)c1cc([N+](=O)[O-])cc([N+](=O)[O-])c1. The van der Waals surface area contributed by atoms with Gasteiger partial charge in [-0.2, -0.15) is 0 Å². The van der Waals surface area contributed by atoms with Crippen molar-refractivity contribution in [3.8, 4) is 0 Å². The Hall–Kier alpha value is -3.07. The fraction of sp³-hybridized carbons (Fsp3) is 0. The number of pyridine rings is 1. The first-order chi connectivity index (χ1) is 10.4. The van der Waals surface area contributed by atoms with Crippen LogP contribution in [0.25, 0.3) is 0 Å². The second kappa shape index (κ2) is 6.14. The second-order valence-corrected chi connectivity index (χ2v) is 4.46. The van der Waals surface area contributed by atoms with Gasteiger partial charge in [0.1, 0.15) is 5.15 Å². The Kier molecular flexibility index (Phi) is 4.28. The van der Waals surface area contributed by atoms with Gasteiger partial charge in [0.2, 0.25) is 0 Å². The molecule has 10 heteroatoms. The number of anilines is 1. The quantitative estimate of drug-likeness (QED) is 0.523. The largest absolute Gasteiger partial charge is 0.321 e. The molecule has 0 aliphatic rings. The fourth-order valence-corrected chi connectivity index (χ4v) is 1.70. The van der Waals surface area contributed by atoms with Gasteiger partial charge in [0.15, 0.2) is 0 Å². The van der Waals surface area contributed by atoms with Gasteiger partial charge in [-0.05, 0) is 12.1 Å². The average Bonchev–Trinajstić information content (AvgIpc) is 2.49. The number of hydrogen-bond donors (Lipinski definition) is 1. The molecular formula is C12H7ClN4O5. The molecule has 9 nitrogen and oxygen atoms in total. The maximum atomic E-state index is 12.0. The lowest BCUT2D eigenvalue weighted by Crippen LogP contribution is -2.12. The molecule has 22 heavy (non-hydrogen) atoms. The lowest BCUT2D eigenvalue weighted by atomic mass is 10.1. The summed E-state index contributed by atoms with van der Waals surface area (Å²) in [6, 6.07) is 5.59. The van der Waals surface area contributed by atoms with E-state index in [1.165, 1.54) is 18.3 Å². The molecule has 0 unspecified atom stereocenters. The number of benzene rings is 1. The van der Waals surface area contributed by atoms with E-state index in [0.717, 1.165) is 18.2 Å². The van der Waals surface area contributed by atoms with E-state index >= 15 is 0 Å². The van der Waals surface area contributed by atoms with Crippen LogP contribution in [0.2, 0.25) is 5.15 Å². The number of amides is 1. The summed E-state index contributed by atoms with van der Waals surface area (Å²) >= 11 is 5.60. The topological polar surface area (TPSA) is 128 Å². The highest BCUT2D eigenvalue weighted by molar-refractivity contribution is 6.29. The zero-order valence-corrected chi connectivity index (χ0v) is 11.5. The first kappa shape index (κ1) is 15.3. The number of nitrogens with one attached hydrogen (secondary N) is 1. The van der Waals surface area contributed by atoms with Crippen molar-refractivity contribution in [3.63, 3.8) is 0 Å². The summed E-state index contributed by atoms with van der Waals surface area (Å²) in [5.41, 5.74) is -1.01. The van der Waals surface area contributed by atoms with E-state index in [0.29, 0.717) is 5.69 Å². The molecule has 1 N–H and O–H groups in total. The van der Waals surface area contributed by atoms with E-state index in [2.05, 4.69) is 10.3 Å². The van der Waals surface area contributed by atoms with Crippen LogP contribution in [0.4, 0.5) is 17.1 Å². The van der Waals surface area contributed by atoms with Crippen LogP contribution in [0.5, 0.6) is 0 Å². The molecule has 2 rings (SSSR count). The third-order valence-corrected chi connectivity index (χ3v) is 2.80. The molecule has 0 atom stereocenters. The zero-order valence-electron chi connectivity index (χ0n) is 10.7. The summed E-state index contributed by atoms with van der Waals surface area (Å²) in [5.74, 6) is -0.740. The van der Waals surface area contributed by atoms with Crippen LogP contribution in [0.3, 0.4) is 0 Å². The number of hydrogen-bond acceptors (Lipinski definition) is 6. The van der Waals surface area contributed by atoms with Crippen molar-refractivity contribution in [3.05, 3.63) is 67.5 Å². The Morgan fingerprint density at radius 3 is 2.14 bits per heavy atom. The molecule has 0 aliphatic heterocycles. The van der Waals surface area contributed by atoms with Gasteiger partial charge in [-0.1, -0.05) is 11.6 Å². The smallest absolute Gasteiger partial charge is 0.277 e. The highest BCUT2D eigenvalue weighted by Crippen LogP contribution is 2.23. The zero-order chi connectivity index (χ0) is 16.3. The molecule has 0 radical (unpaired) electrons.